The summed E-state index contributed by atoms with van der Waals surface area (Å²) in [6.07, 6.45) is 5.82. The highest BCUT2D eigenvalue weighted by atomic mass is 32.1. The second-order valence-corrected chi connectivity index (χ2v) is 5.06. The number of hydrogen-bond acceptors (Lipinski definition) is 3. The molecule has 15 heavy (non-hydrogen) atoms. The minimum absolute atomic E-state index is 0.504. The molecule has 0 aliphatic carbocycles. The first kappa shape index (κ1) is 12.7. The van der Waals surface area contributed by atoms with E-state index in [1.165, 1.54) is 24.1 Å². The molecule has 0 saturated carbocycles. The zero-order valence-electron chi connectivity index (χ0n) is 9.99. The lowest BCUT2D eigenvalue weighted by molar-refractivity contribution is 0.398. The van der Waals surface area contributed by atoms with Gasteiger partial charge < -0.3 is 5.32 Å². The molecular formula is C12H22N2S. The van der Waals surface area contributed by atoms with Gasteiger partial charge in [0.1, 0.15) is 0 Å². The van der Waals surface area contributed by atoms with Gasteiger partial charge in [-0.2, -0.15) is 0 Å². The van der Waals surface area contributed by atoms with E-state index >= 15 is 0 Å². The van der Waals surface area contributed by atoms with Crippen LogP contribution in [0.25, 0.3) is 0 Å². The molecule has 0 amide bonds. The normalized spacial score (nSPS) is 15.1. The van der Waals surface area contributed by atoms with E-state index in [4.69, 9.17) is 0 Å². The lowest BCUT2D eigenvalue weighted by atomic mass is 9.96. The first-order valence-electron chi connectivity index (χ1n) is 5.89. The third kappa shape index (κ3) is 4.31. The smallest absolute Gasteiger partial charge is 0.0794 e. The van der Waals surface area contributed by atoms with Crippen molar-refractivity contribution in [2.45, 2.75) is 46.1 Å². The van der Waals surface area contributed by atoms with Crippen LogP contribution in [0.1, 0.15) is 51.0 Å². The quantitative estimate of drug-likeness (QED) is 0.768. The Labute approximate surface area is 97.1 Å². The molecule has 0 fully saturated rings. The van der Waals surface area contributed by atoms with Gasteiger partial charge in [-0.3, -0.25) is 4.98 Å². The Kier molecular flexibility index (Phi) is 5.88. The number of nitrogens with zero attached hydrogens (tertiary/aromatic N) is 1. The monoisotopic (exact) mass is 226 g/mol. The third-order valence-electron chi connectivity index (χ3n) is 2.66. The summed E-state index contributed by atoms with van der Waals surface area (Å²) in [5.74, 6) is 0.793. The van der Waals surface area contributed by atoms with Crippen LogP contribution in [0.5, 0.6) is 0 Å². The van der Waals surface area contributed by atoms with E-state index in [0.717, 1.165) is 12.5 Å². The van der Waals surface area contributed by atoms with E-state index in [2.05, 4.69) is 31.1 Å². The van der Waals surface area contributed by atoms with Crippen molar-refractivity contribution in [3.63, 3.8) is 0 Å². The fourth-order valence-corrected chi connectivity index (χ4v) is 2.67. The van der Waals surface area contributed by atoms with Gasteiger partial charge in [0.2, 0.25) is 0 Å². The molecule has 1 heterocycles. The van der Waals surface area contributed by atoms with Crippen molar-refractivity contribution in [2.24, 2.45) is 5.92 Å². The van der Waals surface area contributed by atoms with E-state index < -0.39 is 0 Å². The van der Waals surface area contributed by atoms with Gasteiger partial charge in [-0.25, -0.2) is 0 Å². The summed E-state index contributed by atoms with van der Waals surface area (Å²) in [5, 5.41) is 3.54. The summed E-state index contributed by atoms with van der Waals surface area (Å²) in [4.78, 5) is 5.53. The fourth-order valence-electron chi connectivity index (χ4n) is 1.96. The molecule has 0 aliphatic heterocycles. The second kappa shape index (κ2) is 6.96. The Morgan fingerprint density at radius 1 is 1.47 bits per heavy atom. The largest absolute Gasteiger partial charge is 0.309 e. The number of aromatic nitrogens is 1. The molecule has 2 unspecified atom stereocenters. The molecule has 2 nitrogen and oxygen atoms in total. The van der Waals surface area contributed by atoms with Crippen LogP contribution in [0.3, 0.4) is 0 Å². The summed E-state index contributed by atoms with van der Waals surface area (Å²) in [7, 11) is 0. The minimum Gasteiger partial charge on any atom is -0.309 e. The van der Waals surface area contributed by atoms with Gasteiger partial charge in [0, 0.05) is 17.1 Å². The first-order chi connectivity index (χ1) is 7.27. The minimum atomic E-state index is 0.504. The Hall–Kier alpha value is -0.410. The van der Waals surface area contributed by atoms with Crippen LogP contribution < -0.4 is 5.32 Å². The Morgan fingerprint density at radius 2 is 2.27 bits per heavy atom. The van der Waals surface area contributed by atoms with E-state index in [1.807, 2.05) is 11.7 Å². The van der Waals surface area contributed by atoms with Crippen LogP contribution in [-0.2, 0) is 0 Å². The zero-order valence-corrected chi connectivity index (χ0v) is 10.8. The van der Waals surface area contributed by atoms with Gasteiger partial charge in [-0.1, -0.05) is 33.6 Å². The van der Waals surface area contributed by atoms with E-state index in [-0.39, 0.29) is 0 Å². The van der Waals surface area contributed by atoms with Crippen molar-refractivity contribution in [2.75, 3.05) is 6.54 Å². The standard InChI is InChI=1S/C12H22N2S/c1-4-6-10(3)7-11(14-5-2)12-8-13-9-15-12/h8-11,14H,4-7H2,1-3H3. The summed E-state index contributed by atoms with van der Waals surface area (Å²) in [6.45, 7) is 7.79. The maximum absolute atomic E-state index is 4.16. The topological polar surface area (TPSA) is 24.9 Å². The van der Waals surface area contributed by atoms with E-state index in [0.29, 0.717) is 6.04 Å². The highest BCUT2D eigenvalue weighted by Crippen LogP contribution is 2.25. The molecule has 1 N–H and O–H groups in total. The molecule has 0 bridgehead atoms. The molecule has 0 aromatic carbocycles. The van der Waals surface area contributed by atoms with Crippen LogP contribution >= 0.6 is 11.3 Å². The Bertz CT molecular complexity index is 246. The van der Waals surface area contributed by atoms with Gasteiger partial charge in [0.05, 0.1) is 5.51 Å². The van der Waals surface area contributed by atoms with Gasteiger partial charge in [0.25, 0.3) is 0 Å². The molecule has 0 aliphatic rings. The average molecular weight is 226 g/mol. The number of nitrogens with one attached hydrogen (secondary N) is 1. The predicted molar refractivity (Wildman–Crippen MR) is 67.2 cm³/mol. The molecule has 1 aromatic rings. The van der Waals surface area contributed by atoms with Gasteiger partial charge in [0.15, 0.2) is 0 Å². The lowest BCUT2D eigenvalue weighted by Crippen LogP contribution is -2.22. The van der Waals surface area contributed by atoms with Crippen LogP contribution in [0.2, 0.25) is 0 Å². The van der Waals surface area contributed by atoms with Crippen LogP contribution in [0, 0.1) is 5.92 Å². The lowest BCUT2D eigenvalue weighted by Gasteiger charge is -2.20. The van der Waals surface area contributed by atoms with Crippen LogP contribution in [0.4, 0.5) is 0 Å². The van der Waals surface area contributed by atoms with Crippen molar-refractivity contribution >= 4 is 11.3 Å². The molecule has 1 aromatic heterocycles. The van der Waals surface area contributed by atoms with Crippen molar-refractivity contribution in [1.82, 2.24) is 10.3 Å². The van der Waals surface area contributed by atoms with E-state index in [1.54, 1.807) is 11.3 Å². The number of rotatable bonds is 7. The molecular weight excluding hydrogens is 204 g/mol. The molecule has 0 spiro atoms. The third-order valence-corrected chi connectivity index (χ3v) is 3.55. The van der Waals surface area contributed by atoms with Crippen molar-refractivity contribution < 1.29 is 0 Å². The summed E-state index contributed by atoms with van der Waals surface area (Å²) in [5.41, 5.74) is 1.92. The Morgan fingerprint density at radius 3 is 2.80 bits per heavy atom. The maximum Gasteiger partial charge on any atom is 0.0794 e. The summed E-state index contributed by atoms with van der Waals surface area (Å²) < 4.78 is 0. The highest BCUT2D eigenvalue weighted by molar-refractivity contribution is 7.09. The van der Waals surface area contributed by atoms with Crippen molar-refractivity contribution in [1.29, 1.82) is 0 Å². The molecule has 0 radical (unpaired) electrons. The van der Waals surface area contributed by atoms with E-state index in [9.17, 15) is 0 Å². The summed E-state index contributed by atoms with van der Waals surface area (Å²) in [6, 6.07) is 0.504. The fraction of sp³-hybridized carbons (Fsp3) is 0.750. The Balaban J connectivity index is 2.51. The maximum atomic E-state index is 4.16. The zero-order chi connectivity index (χ0) is 11.1. The number of thiazole rings is 1. The van der Waals surface area contributed by atoms with Crippen molar-refractivity contribution in [3.05, 3.63) is 16.6 Å². The van der Waals surface area contributed by atoms with Crippen molar-refractivity contribution in [3.8, 4) is 0 Å². The van der Waals surface area contributed by atoms with Gasteiger partial charge >= 0.3 is 0 Å². The van der Waals surface area contributed by atoms with Gasteiger partial charge in [-0.15, -0.1) is 11.3 Å². The molecule has 1 rings (SSSR count). The first-order valence-corrected chi connectivity index (χ1v) is 6.77. The van der Waals surface area contributed by atoms with Crippen LogP contribution in [-0.4, -0.2) is 11.5 Å². The molecule has 0 saturated heterocycles. The number of hydrogen-bond donors (Lipinski definition) is 1. The molecule has 3 heteroatoms. The average Bonchev–Trinajstić information content (AvgIpc) is 2.70. The SMILES string of the molecule is CCCC(C)CC(NCC)c1cncs1. The highest BCUT2D eigenvalue weighted by Gasteiger charge is 2.15. The van der Waals surface area contributed by atoms with Gasteiger partial charge in [-0.05, 0) is 18.9 Å². The second-order valence-electron chi connectivity index (χ2n) is 4.14. The predicted octanol–water partition coefficient (Wildman–Crippen LogP) is 3.62. The molecule has 2 atom stereocenters. The summed E-state index contributed by atoms with van der Waals surface area (Å²) >= 11 is 1.76. The van der Waals surface area contributed by atoms with Crippen LogP contribution in [0.15, 0.2) is 11.7 Å². The molecule has 86 valence electrons.